The number of nitrogens with zero attached hydrogens (tertiary/aromatic N) is 1. The van der Waals surface area contributed by atoms with Crippen LogP contribution in [0.15, 0.2) is 64.7 Å². The maximum Gasteiger partial charge on any atom is 0.184 e. The standard InChI is InChI=1S/C16H14N2O2/c19-12-7-8-13-16(9-3-6-14(20)18-15(12)16)10-4-1-2-5-11(10)17-13/h2-6,8-9,15,18,20H,1,7H2. The van der Waals surface area contributed by atoms with E-state index in [9.17, 15) is 9.90 Å². The Kier molecular flexibility index (Phi) is 2.19. The van der Waals surface area contributed by atoms with Crippen LogP contribution in [-0.4, -0.2) is 22.6 Å². The number of aliphatic imine (C=N–C) groups is 1. The Morgan fingerprint density at radius 3 is 3.20 bits per heavy atom. The van der Waals surface area contributed by atoms with Gasteiger partial charge in [0.1, 0.15) is 6.04 Å². The zero-order valence-corrected chi connectivity index (χ0v) is 10.8. The molecule has 0 saturated heterocycles. The van der Waals surface area contributed by atoms with Crippen molar-refractivity contribution in [1.29, 1.82) is 0 Å². The molecule has 0 aromatic heterocycles. The zero-order chi connectivity index (χ0) is 13.7. The van der Waals surface area contributed by atoms with Gasteiger partial charge in [-0.2, -0.15) is 0 Å². The summed E-state index contributed by atoms with van der Waals surface area (Å²) in [5.74, 6) is 0.102. The highest BCUT2D eigenvalue weighted by Gasteiger charge is 2.53. The van der Waals surface area contributed by atoms with E-state index >= 15 is 0 Å². The van der Waals surface area contributed by atoms with Gasteiger partial charge in [0.25, 0.3) is 0 Å². The summed E-state index contributed by atoms with van der Waals surface area (Å²) in [5.41, 5.74) is 2.32. The van der Waals surface area contributed by atoms with Crippen LogP contribution in [0.5, 0.6) is 0 Å². The van der Waals surface area contributed by atoms with Gasteiger partial charge in [-0.3, -0.25) is 9.79 Å². The SMILES string of the molecule is O=C1CC=C2N=C3C=CCC=C3C23C=CC=C(O)NC13. The summed E-state index contributed by atoms with van der Waals surface area (Å²) in [6, 6.07) is -0.489. The van der Waals surface area contributed by atoms with Gasteiger partial charge >= 0.3 is 0 Å². The molecule has 0 aromatic rings. The van der Waals surface area contributed by atoms with E-state index in [0.717, 1.165) is 23.4 Å². The van der Waals surface area contributed by atoms with Gasteiger partial charge in [0.2, 0.25) is 0 Å². The average molecular weight is 266 g/mol. The number of hydrogen-bond donors (Lipinski definition) is 2. The number of nitrogens with one attached hydrogen (secondary N) is 1. The lowest BCUT2D eigenvalue weighted by Gasteiger charge is -2.38. The molecule has 0 saturated carbocycles. The van der Waals surface area contributed by atoms with Crippen LogP contribution in [0.2, 0.25) is 0 Å². The minimum absolute atomic E-state index is 0.0260. The van der Waals surface area contributed by atoms with Crippen LogP contribution in [0.1, 0.15) is 12.8 Å². The van der Waals surface area contributed by atoms with Crippen molar-refractivity contribution in [3.63, 3.8) is 0 Å². The summed E-state index contributed by atoms with van der Waals surface area (Å²) in [7, 11) is 0. The molecule has 2 heterocycles. The first-order valence-corrected chi connectivity index (χ1v) is 6.76. The molecule has 4 nitrogen and oxygen atoms in total. The number of ketones is 1. The Bertz CT molecular complexity index is 691. The monoisotopic (exact) mass is 266 g/mol. The molecule has 0 amide bonds. The highest BCUT2D eigenvalue weighted by molar-refractivity contribution is 6.15. The van der Waals surface area contributed by atoms with Crippen molar-refractivity contribution < 1.29 is 9.90 Å². The number of allylic oxidation sites excluding steroid dienone is 6. The van der Waals surface area contributed by atoms with Crippen molar-refractivity contribution >= 4 is 11.5 Å². The number of aliphatic hydroxyl groups excluding tert-OH is 1. The summed E-state index contributed by atoms with van der Waals surface area (Å²) in [4.78, 5) is 17.0. The van der Waals surface area contributed by atoms with Gasteiger partial charge in [-0.15, -0.1) is 0 Å². The zero-order valence-electron chi connectivity index (χ0n) is 10.8. The molecule has 4 heteroatoms. The molecule has 0 fully saturated rings. The number of rotatable bonds is 0. The van der Waals surface area contributed by atoms with Gasteiger partial charge in [0.15, 0.2) is 11.7 Å². The third-order valence-electron chi connectivity index (χ3n) is 4.30. The normalized spacial score (nSPS) is 33.8. The molecule has 2 atom stereocenters. The Hall–Kier alpha value is -2.36. The lowest BCUT2D eigenvalue weighted by atomic mass is 9.66. The quantitative estimate of drug-likeness (QED) is 0.706. The van der Waals surface area contributed by atoms with Crippen molar-refractivity contribution in [2.75, 3.05) is 0 Å². The summed E-state index contributed by atoms with van der Waals surface area (Å²) in [6.07, 6.45) is 14.7. The first-order valence-electron chi connectivity index (χ1n) is 6.76. The number of carbonyl (C=O) groups excluding carboxylic acids is 1. The predicted molar refractivity (Wildman–Crippen MR) is 76.2 cm³/mol. The number of carbonyl (C=O) groups is 1. The van der Waals surface area contributed by atoms with Crippen LogP contribution >= 0.6 is 0 Å². The highest BCUT2D eigenvalue weighted by Crippen LogP contribution is 2.51. The third-order valence-corrected chi connectivity index (χ3v) is 4.30. The molecule has 2 N–H and O–H groups in total. The summed E-state index contributed by atoms with van der Waals surface area (Å²) in [5, 5.41) is 12.8. The molecule has 2 aliphatic heterocycles. The maximum absolute atomic E-state index is 12.4. The highest BCUT2D eigenvalue weighted by atomic mass is 16.3. The van der Waals surface area contributed by atoms with Gasteiger partial charge in [-0.05, 0) is 24.1 Å². The molecule has 20 heavy (non-hydrogen) atoms. The Balaban J connectivity index is 1.95. The van der Waals surface area contributed by atoms with Crippen LogP contribution in [-0.2, 0) is 4.79 Å². The topological polar surface area (TPSA) is 61.7 Å². The van der Waals surface area contributed by atoms with Crippen LogP contribution in [0.25, 0.3) is 0 Å². The van der Waals surface area contributed by atoms with E-state index in [1.807, 2.05) is 18.2 Å². The second kappa shape index (κ2) is 3.82. The second-order valence-electron chi connectivity index (χ2n) is 5.37. The lowest BCUT2D eigenvalue weighted by molar-refractivity contribution is -0.122. The second-order valence-corrected chi connectivity index (χ2v) is 5.37. The van der Waals surface area contributed by atoms with Crippen molar-refractivity contribution in [3.8, 4) is 0 Å². The van der Waals surface area contributed by atoms with E-state index < -0.39 is 11.5 Å². The van der Waals surface area contributed by atoms with Gasteiger partial charge in [0.05, 0.1) is 16.8 Å². The molecular weight excluding hydrogens is 252 g/mol. The minimum atomic E-state index is -0.573. The number of hydrogen-bond acceptors (Lipinski definition) is 4. The van der Waals surface area contributed by atoms with Gasteiger partial charge < -0.3 is 10.4 Å². The van der Waals surface area contributed by atoms with E-state index in [1.54, 1.807) is 12.2 Å². The first kappa shape index (κ1) is 11.5. The first-order chi connectivity index (χ1) is 9.72. The fourth-order valence-corrected chi connectivity index (χ4v) is 3.44. The fraction of sp³-hybridized carbons (Fsp3) is 0.250. The predicted octanol–water partition coefficient (Wildman–Crippen LogP) is 2.10. The summed E-state index contributed by atoms with van der Waals surface area (Å²) < 4.78 is 0. The molecule has 0 radical (unpaired) electrons. The molecular formula is C16H14N2O2. The van der Waals surface area contributed by atoms with Crippen molar-refractivity contribution in [2.45, 2.75) is 18.9 Å². The lowest BCUT2D eigenvalue weighted by Crippen LogP contribution is -2.51. The van der Waals surface area contributed by atoms with E-state index in [4.69, 9.17) is 0 Å². The molecule has 1 spiro atoms. The van der Waals surface area contributed by atoms with Gasteiger partial charge in [-0.25, -0.2) is 0 Å². The summed E-state index contributed by atoms with van der Waals surface area (Å²) in [6.45, 7) is 0. The number of aliphatic hydroxyl groups is 1. The maximum atomic E-state index is 12.4. The van der Waals surface area contributed by atoms with Gasteiger partial charge in [-0.1, -0.05) is 30.4 Å². The van der Waals surface area contributed by atoms with Crippen LogP contribution in [0.4, 0.5) is 0 Å². The number of fused-ring (bicyclic) bond motifs is 1. The fourth-order valence-electron chi connectivity index (χ4n) is 3.44. The number of Topliss-reactive ketones (excluding diaryl/α,β-unsaturated/α-hetero) is 1. The van der Waals surface area contributed by atoms with Crippen LogP contribution < -0.4 is 5.32 Å². The molecule has 4 aliphatic rings. The van der Waals surface area contributed by atoms with Gasteiger partial charge in [0, 0.05) is 6.42 Å². The molecule has 2 aliphatic carbocycles. The Labute approximate surface area is 116 Å². The Morgan fingerprint density at radius 1 is 1.40 bits per heavy atom. The Morgan fingerprint density at radius 2 is 2.30 bits per heavy atom. The summed E-state index contributed by atoms with van der Waals surface area (Å²) >= 11 is 0. The van der Waals surface area contributed by atoms with Crippen LogP contribution in [0.3, 0.4) is 0 Å². The van der Waals surface area contributed by atoms with E-state index in [0.29, 0.717) is 6.42 Å². The molecule has 4 rings (SSSR count). The molecule has 2 unspecified atom stereocenters. The largest absolute Gasteiger partial charge is 0.495 e. The van der Waals surface area contributed by atoms with E-state index in [-0.39, 0.29) is 11.7 Å². The van der Waals surface area contributed by atoms with Crippen molar-refractivity contribution in [3.05, 3.63) is 59.7 Å². The van der Waals surface area contributed by atoms with Crippen LogP contribution in [0, 0.1) is 5.41 Å². The molecule has 0 aromatic carbocycles. The van der Waals surface area contributed by atoms with Crippen molar-refractivity contribution in [2.24, 2.45) is 10.4 Å². The minimum Gasteiger partial charge on any atom is -0.495 e. The third kappa shape index (κ3) is 1.31. The smallest absolute Gasteiger partial charge is 0.184 e. The van der Waals surface area contributed by atoms with E-state index in [1.165, 1.54) is 0 Å². The molecule has 100 valence electrons. The van der Waals surface area contributed by atoms with Crippen molar-refractivity contribution in [1.82, 2.24) is 5.32 Å². The molecule has 0 bridgehead atoms. The van der Waals surface area contributed by atoms with E-state index in [2.05, 4.69) is 22.5 Å². The average Bonchev–Trinajstić information content (AvgIpc) is 2.65.